The van der Waals surface area contributed by atoms with Gasteiger partial charge in [-0.05, 0) is 18.4 Å². The lowest BCUT2D eigenvalue weighted by atomic mass is 9.94. The molecule has 1 aromatic rings. The predicted molar refractivity (Wildman–Crippen MR) is 102 cm³/mol. The van der Waals surface area contributed by atoms with Crippen molar-refractivity contribution in [1.29, 1.82) is 0 Å². The molecule has 0 unspecified atom stereocenters. The van der Waals surface area contributed by atoms with Crippen molar-refractivity contribution in [1.82, 2.24) is 15.1 Å². The van der Waals surface area contributed by atoms with E-state index < -0.39 is 6.04 Å². The van der Waals surface area contributed by atoms with Crippen LogP contribution in [0.2, 0.25) is 0 Å². The number of para-hydroxylation sites is 1. The van der Waals surface area contributed by atoms with Crippen molar-refractivity contribution in [3.05, 3.63) is 35.0 Å². The molecule has 0 aliphatic carbocycles. The topological polar surface area (TPSA) is 71.1 Å². The first-order chi connectivity index (χ1) is 12.9. The van der Waals surface area contributed by atoms with Gasteiger partial charge in [0.1, 0.15) is 0 Å². The van der Waals surface area contributed by atoms with E-state index in [1.165, 1.54) is 4.90 Å². The van der Waals surface area contributed by atoms with Crippen LogP contribution in [0.4, 0.5) is 4.79 Å². The smallest absolute Gasteiger partial charge is 0.322 e. The molecular weight excluding hydrogens is 346 g/mol. The van der Waals surface area contributed by atoms with Crippen LogP contribution in [-0.2, 0) is 4.79 Å². The van der Waals surface area contributed by atoms with E-state index in [1.807, 2.05) is 17.0 Å². The first-order valence-electron chi connectivity index (χ1n) is 9.16. The van der Waals surface area contributed by atoms with Gasteiger partial charge < -0.3 is 19.7 Å². The summed E-state index contributed by atoms with van der Waals surface area (Å²) in [5.41, 5.74) is 2.07. The SMILES string of the molecule is COc1cccc([C@H]2NC(=O)N(C)C3=C2C(=O)N(CCC(C)C)C3)c1OC. The van der Waals surface area contributed by atoms with E-state index in [-0.39, 0.29) is 11.9 Å². The molecule has 1 aromatic carbocycles. The predicted octanol–water partition coefficient (Wildman–Crippen LogP) is 2.54. The summed E-state index contributed by atoms with van der Waals surface area (Å²) in [6.07, 6.45) is 0.921. The maximum Gasteiger partial charge on any atom is 0.322 e. The van der Waals surface area contributed by atoms with Gasteiger partial charge in [0, 0.05) is 19.2 Å². The molecule has 0 saturated carbocycles. The fourth-order valence-electron chi connectivity index (χ4n) is 3.59. The molecule has 2 aliphatic heterocycles. The first kappa shape index (κ1) is 19.1. The maximum atomic E-state index is 13.2. The van der Waals surface area contributed by atoms with Crippen LogP contribution in [0.1, 0.15) is 31.9 Å². The Balaban J connectivity index is 2.02. The van der Waals surface area contributed by atoms with Crippen LogP contribution in [0, 0.1) is 5.92 Å². The number of amides is 3. The standard InChI is InChI=1S/C20H27N3O4/c1-12(2)9-10-23-11-14-16(19(23)24)17(21-20(25)22(14)3)13-7-6-8-15(26-4)18(13)27-5/h6-8,12,17H,9-11H2,1-5H3,(H,21,25)/t17-/m1/s1. The first-order valence-corrected chi connectivity index (χ1v) is 9.16. The average Bonchev–Trinajstić information content (AvgIpc) is 2.99. The molecule has 2 heterocycles. The number of hydrogen-bond acceptors (Lipinski definition) is 4. The van der Waals surface area contributed by atoms with Crippen LogP contribution in [0.5, 0.6) is 11.5 Å². The van der Waals surface area contributed by atoms with E-state index >= 15 is 0 Å². The zero-order valence-corrected chi connectivity index (χ0v) is 16.5. The number of ether oxygens (including phenoxy) is 2. The normalized spacial score (nSPS) is 19.6. The van der Waals surface area contributed by atoms with Crippen LogP contribution < -0.4 is 14.8 Å². The third-order valence-corrected chi connectivity index (χ3v) is 5.16. The maximum absolute atomic E-state index is 13.2. The zero-order chi connectivity index (χ0) is 19.7. The molecule has 0 spiro atoms. The lowest BCUT2D eigenvalue weighted by Crippen LogP contribution is -2.45. The van der Waals surface area contributed by atoms with Crippen molar-refractivity contribution in [2.24, 2.45) is 5.92 Å². The lowest BCUT2D eigenvalue weighted by molar-refractivity contribution is -0.125. The number of nitrogens with one attached hydrogen (secondary N) is 1. The Kier molecular flexibility index (Phi) is 5.30. The number of urea groups is 1. The Hall–Kier alpha value is -2.70. The number of carbonyl (C=O) groups is 2. The molecule has 0 radical (unpaired) electrons. The van der Waals surface area contributed by atoms with Crippen LogP contribution >= 0.6 is 0 Å². The van der Waals surface area contributed by atoms with Crippen molar-refractivity contribution in [3.63, 3.8) is 0 Å². The van der Waals surface area contributed by atoms with Crippen molar-refractivity contribution < 1.29 is 19.1 Å². The van der Waals surface area contributed by atoms with Crippen LogP contribution in [0.3, 0.4) is 0 Å². The molecule has 7 heteroatoms. The highest BCUT2D eigenvalue weighted by Gasteiger charge is 2.43. The Labute approximate surface area is 159 Å². The Morgan fingerprint density at radius 1 is 1.22 bits per heavy atom. The molecular formula is C20H27N3O4. The molecule has 2 aliphatic rings. The Morgan fingerprint density at radius 3 is 2.59 bits per heavy atom. The summed E-state index contributed by atoms with van der Waals surface area (Å²) in [4.78, 5) is 29.0. The molecule has 3 amide bonds. The van der Waals surface area contributed by atoms with Crippen molar-refractivity contribution in [3.8, 4) is 11.5 Å². The van der Waals surface area contributed by atoms with E-state index in [4.69, 9.17) is 9.47 Å². The van der Waals surface area contributed by atoms with Gasteiger partial charge in [0.05, 0.1) is 38.1 Å². The number of nitrogens with zero attached hydrogens (tertiary/aromatic N) is 2. The summed E-state index contributed by atoms with van der Waals surface area (Å²) < 4.78 is 10.9. The zero-order valence-electron chi connectivity index (χ0n) is 16.5. The number of rotatable bonds is 6. The van der Waals surface area contributed by atoms with Gasteiger partial charge in [-0.25, -0.2) is 4.79 Å². The highest BCUT2D eigenvalue weighted by atomic mass is 16.5. The summed E-state index contributed by atoms with van der Waals surface area (Å²) >= 11 is 0. The second kappa shape index (κ2) is 7.50. The second-order valence-electron chi connectivity index (χ2n) is 7.29. The van der Waals surface area contributed by atoms with Gasteiger partial charge in [0.15, 0.2) is 11.5 Å². The minimum absolute atomic E-state index is 0.0348. The van der Waals surface area contributed by atoms with Crippen LogP contribution in [0.15, 0.2) is 29.5 Å². The van der Waals surface area contributed by atoms with E-state index in [0.29, 0.717) is 41.6 Å². The molecule has 3 rings (SSSR count). The molecule has 0 saturated heterocycles. The summed E-state index contributed by atoms with van der Waals surface area (Å²) in [5, 5.41) is 2.94. The number of benzene rings is 1. The minimum atomic E-state index is -0.565. The molecule has 0 bridgehead atoms. The van der Waals surface area contributed by atoms with E-state index in [2.05, 4.69) is 19.2 Å². The highest BCUT2D eigenvalue weighted by molar-refractivity contribution is 6.01. The number of carbonyl (C=O) groups excluding carboxylic acids is 2. The van der Waals surface area contributed by atoms with Crippen LogP contribution in [0.25, 0.3) is 0 Å². The quantitative estimate of drug-likeness (QED) is 0.832. The molecule has 146 valence electrons. The molecule has 1 atom stereocenters. The summed E-state index contributed by atoms with van der Waals surface area (Å²) in [7, 11) is 4.82. The summed E-state index contributed by atoms with van der Waals surface area (Å²) in [6.45, 7) is 5.39. The number of likely N-dealkylation sites (N-methyl/N-ethyl adjacent to an activating group) is 1. The van der Waals surface area contributed by atoms with E-state index in [0.717, 1.165) is 12.1 Å². The van der Waals surface area contributed by atoms with E-state index in [1.54, 1.807) is 27.3 Å². The summed E-state index contributed by atoms with van der Waals surface area (Å²) in [5.74, 6) is 1.55. The molecule has 7 nitrogen and oxygen atoms in total. The minimum Gasteiger partial charge on any atom is -0.493 e. The number of hydrogen-bond donors (Lipinski definition) is 1. The van der Waals surface area contributed by atoms with Gasteiger partial charge in [0.2, 0.25) is 0 Å². The van der Waals surface area contributed by atoms with Crippen molar-refractivity contribution >= 4 is 11.9 Å². The van der Waals surface area contributed by atoms with Gasteiger partial charge in [-0.2, -0.15) is 0 Å². The molecule has 1 N–H and O–H groups in total. The van der Waals surface area contributed by atoms with Crippen LogP contribution in [-0.4, -0.2) is 56.1 Å². The largest absolute Gasteiger partial charge is 0.493 e. The van der Waals surface area contributed by atoms with Gasteiger partial charge in [0.25, 0.3) is 5.91 Å². The Morgan fingerprint density at radius 2 is 1.96 bits per heavy atom. The van der Waals surface area contributed by atoms with Crippen molar-refractivity contribution in [2.45, 2.75) is 26.3 Å². The lowest BCUT2D eigenvalue weighted by Gasteiger charge is -2.31. The summed E-state index contributed by atoms with van der Waals surface area (Å²) in [6, 6.07) is 4.68. The molecule has 0 aromatic heterocycles. The molecule has 27 heavy (non-hydrogen) atoms. The third-order valence-electron chi connectivity index (χ3n) is 5.16. The van der Waals surface area contributed by atoms with Gasteiger partial charge in [-0.3, -0.25) is 9.69 Å². The monoisotopic (exact) mass is 373 g/mol. The third kappa shape index (κ3) is 3.34. The average molecular weight is 373 g/mol. The second-order valence-corrected chi connectivity index (χ2v) is 7.29. The van der Waals surface area contributed by atoms with Gasteiger partial charge >= 0.3 is 6.03 Å². The fourth-order valence-corrected chi connectivity index (χ4v) is 3.59. The van der Waals surface area contributed by atoms with E-state index in [9.17, 15) is 9.59 Å². The highest BCUT2D eigenvalue weighted by Crippen LogP contribution is 2.42. The van der Waals surface area contributed by atoms with Gasteiger partial charge in [-0.1, -0.05) is 26.0 Å². The number of methoxy groups -OCH3 is 2. The molecule has 0 fully saturated rings. The van der Waals surface area contributed by atoms with Crippen molar-refractivity contribution in [2.75, 3.05) is 34.4 Å². The van der Waals surface area contributed by atoms with Gasteiger partial charge in [-0.15, -0.1) is 0 Å². The Bertz CT molecular complexity index is 787. The fraction of sp³-hybridized carbons (Fsp3) is 0.500.